The van der Waals surface area contributed by atoms with Gasteiger partial charge < -0.3 is 15.5 Å². The van der Waals surface area contributed by atoms with E-state index >= 15 is 0 Å². The molecule has 0 aliphatic heterocycles. The molecule has 0 saturated heterocycles. The van der Waals surface area contributed by atoms with E-state index in [2.05, 4.69) is 47.8 Å². The quantitative estimate of drug-likeness (QED) is 0.351. The first-order chi connectivity index (χ1) is 10.9. The van der Waals surface area contributed by atoms with Crippen LogP contribution in [-0.2, 0) is 11.3 Å². The summed E-state index contributed by atoms with van der Waals surface area (Å²) in [6.45, 7) is 7.48. The second kappa shape index (κ2) is 12.5. The number of rotatable bonds is 8. The lowest BCUT2D eigenvalue weighted by atomic mass is 10.0. The van der Waals surface area contributed by atoms with Gasteiger partial charge in [-0.2, -0.15) is 0 Å². The molecule has 1 atom stereocenters. The van der Waals surface area contributed by atoms with E-state index in [0.29, 0.717) is 17.9 Å². The Morgan fingerprint density at radius 3 is 2.54 bits per heavy atom. The van der Waals surface area contributed by atoms with Gasteiger partial charge in [0.05, 0.1) is 6.54 Å². The van der Waals surface area contributed by atoms with Gasteiger partial charge in [0.1, 0.15) is 6.54 Å². The number of aliphatic imine (C=N–C) groups is 1. The predicted molar refractivity (Wildman–Crippen MR) is 114 cm³/mol. The maximum absolute atomic E-state index is 11.7. The zero-order valence-corrected chi connectivity index (χ0v) is 18.5. The van der Waals surface area contributed by atoms with Crippen LogP contribution in [0.5, 0.6) is 0 Å². The summed E-state index contributed by atoms with van der Waals surface area (Å²) >= 11 is 1.71. The van der Waals surface area contributed by atoms with Crippen LogP contribution in [0.25, 0.3) is 0 Å². The Hall–Kier alpha value is -0.830. The number of amides is 1. The van der Waals surface area contributed by atoms with E-state index in [1.54, 1.807) is 30.3 Å². The molecule has 138 valence electrons. The van der Waals surface area contributed by atoms with Crippen molar-refractivity contribution in [3.8, 4) is 0 Å². The van der Waals surface area contributed by atoms with Crippen molar-refractivity contribution >= 4 is 47.2 Å². The molecule has 24 heavy (non-hydrogen) atoms. The van der Waals surface area contributed by atoms with E-state index < -0.39 is 0 Å². The van der Waals surface area contributed by atoms with Crippen LogP contribution >= 0.6 is 35.3 Å². The Balaban J connectivity index is 0.00000529. The average Bonchev–Trinajstić information content (AvgIpc) is 3.00. The molecular formula is C17H31IN4OS. The van der Waals surface area contributed by atoms with E-state index in [9.17, 15) is 4.79 Å². The third-order valence-corrected chi connectivity index (χ3v) is 4.32. The van der Waals surface area contributed by atoms with Crippen molar-refractivity contribution < 1.29 is 4.79 Å². The predicted octanol–water partition coefficient (Wildman–Crippen LogP) is 3.31. The number of nitrogens with zero attached hydrogens (tertiary/aromatic N) is 2. The van der Waals surface area contributed by atoms with E-state index in [0.717, 1.165) is 13.0 Å². The van der Waals surface area contributed by atoms with Gasteiger partial charge in [0, 0.05) is 25.0 Å². The SMILES string of the molecule is CC(C)CCC(C)NC(=NCC(=O)N(C)C)NCc1cccs1.I. The highest BCUT2D eigenvalue weighted by Crippen LogP contribution is 2.08. The van der Waals surface area contributed by atoms with Crippen molar-refractivity contribution in [1.29, 1.82) is 0 Å². The molecular weight excluding hydrogens is 435 g/mol. The summed E-state index contributed by atoms with van der Waals surface area (Å²) in [4.78, 5) is 19.0. The van der Waals surface area contributed by atoms with Crippen LogP contribution in [0, 0.1) is 5.92 Å². The standard InChI is InChI=1S/C17H30N4OS.HI/c1-13(2)8-9-14(3)20-17(19-12-16(22)21(4)5)18-11-15-7-6-10-23-15;/h6-7,10,13-14H,8-9,11-12H2,1-5H3,(H2,18,19,20);1H. The van der Waals surface area contributed by atoms with Gasteiger partial charge in [-0.15, -0.1) is 35.3 Å². The van der Waals surface area contributed by atoms with Gasteiger partial charge in [0.15, 0.2) is 5.96 Å². The van der Waals surface area contributed by atoms with E-state index in [4.69, 9.17) is 0 Å². The van der Waals surface area contributed by atoms with Crippen LogP contribution in [0.15, 0.2) is 22.5 Å². The first kappa shape index (κ1) is 23.2. The van der Waals surface area contributed by atoms with Gasteiger partial charge in [-0.05, 0) is 37.1 Å². The number of hydrogen-bond donors (Lipinski definition) is 2. The monoisotopic (exact) mass is 466 g/mol. The number of nitrogens with one attached hydrogen (secondary N) is 2. The summed E-state index contributed by atoms with van der Waals surface area (Å²) < 4.78 is 0. The van der Waals surface area contributed by atoms with E-state index in [1.807, 2.05) is 6.07 Å². The van der Waals surface area contributed by atoms with Crippen molar-refractivity contribution in [2.75, 3.05) is 20.6 Å². The lowest BCUT2D eigenvalue weighted by Gasteiger charge is -2.19. The first-order valence-corrected chi connectivity index (χ1v) is 9.03. The Morgan fingerprint density at radius 1 is 1.29 bits per heavy atom. The number of guanidine groups is 1. The van der Waals surface area contributed by atoms with E-state index in [-0.39, 0.29) is 36.4 Å². The number of thiophene rings is 1. The first-order valence-electron chi connectivity index (χ1n) is 8.16. The zero-order valence-electron chi connectivity index (χ0n) is 15.3. The summed E-state index contributed by atoms with van der Waals surface area (Å²) in [5.74, 6) is 1.39. The van der Waals surface area contributed by atoms with Crippen molar-refractivity contribution in [2.45, 2.75) is 46.2 Å². The molecule has 0 aromatic carbocycles. The third kappa shape index (κ3) is 10.1. The maximum atomic E-state index is 11.7. The smallest absolute Gasteiger partial charge is 0.243 e. The largest absolute Gasteiger partial charge is 0.354 e. The molecule has 0 spiro atoms. The highest BCUT2D eigenvalue weighted by Gasteiger charge is 2.09. The number of halogens is 1. The normalized spacial score (nSPS) is 12.5. The van der Waals surface area contributed by atoms with Crippen LogP contribution in [0.4, 0.5) is 0 Å². The van der Waals surface area contributed by atoms with Gasteiger partial charge in [0.25, 0.3) is 0 Å². The molecule has 0 aliphatic rings. The molecule has 0 fully saturated rings. The summed E-state index contributed by atoms with van der Waals surface area (Å²) in [5, 5.41) is 8.77. The zero-order chi connectivity index (χ0) is 17.2. The molecule has 0 aliphatic carbocycles. The topological polar surface area (TPSA) is 56.7 Å². The molecule has 5 nitrogen and oxygen atoms in total. The van der Waals surface area contributed by atoms with Crippen molar-refractivity contribution in [1.82, 2.24) is 15.5 Å². The van der Waals surface area contributed by atoms with Crippen LogP contribution in [0.2, 0.25) is 0 Å². The van der Waals surface area contributed by atoms with Gasteiger partial charge in [0.2, 0.25) is 5.91 Å². The van der Waals surface area contributed by atoms with Crippen molar-refractivity contribution in [2.24, 2.45) is 10.9 Å². The summed E-state index contributed by atoms with van der Waals surface area (Å²) in [6, 6.07) is 4.44. The number of hydrogen-bond acceptors (Lipinski definition) is 3. The number of carbonyl (C=O) groups excluding carboxylic acids is 1. The molecule has 1 heterocycles. The van der Waals surface area contributed by atoms with Gasteiger partial charge in [-0.3, -0.25) is 4.79 Å². The average molecular weight is 466 g/mol. The molecule has 0 bridgehead atoms. The maximum Gasteiger partial charge on any atom is 0.243 e. The molecule has 0 radical (unpaired) electrons. The minimum Gasteiger partial charge on any atom is -0.354 e. The van der Waals surface area contributed by atoms with Crippen molar-refractivity contribution in [3.63, 3.8) is 0 Å². The number of likely N-dealkylation sites (N-methyl/N-ethyl adjacent to an activating group) is 1. The lowest BCUT2D eigenvalue weighted by molar-refractivity contribution is -0.127. The van der Waals surface area contributed by atoms with E-state index in [1.165, 1.54) is 11.3 Å². The molecule has 1 unspecified atom stereocenters. The molecule has 1 rings (SSSR count). The Bertz CT molecular complexity index is 489. The fourth-order valence-electron chi connectivity index (χ4n) is 1.91. The van der Waals surface area contributed by atoms with Gasteiger partial charge >= 0.3 is 0 Å². The molecule has 0 saturated carbocycles. The Morgan fingerprint density at radius 2 is 2.00 bits per heavy atom. The Kier molecular flexibility index (Phi) is 12.1. The molecule has 1 amide bonds. The molecule has 1 aromatic heterocycles. The van der Waals surface area contributed by atoms with Crippen molar-refractivity contribution in [3.05, 3.63) is 22.4 Å². The minimum atomic E-state index is -0.00272. The second-order valence-electron chi connectivity index (χ2n) is 6.40. The van der Waals surface area contributed by atoms with Gasteiger partial charge in [-0.1, -0.05) is 19.9 Å². The number of carbonyl (C=O) groups is 1. The third-order valence-electron chi connectivity index (χ3n) is 3.44. The molecule has 1 aromatic rings. The fourth-order valence-corrected chi connectivity index (χ4v) is 2.56. The van der Waals surface area contributed by atoms with Crippen LogP contribution in [0.1, 0.15) is 38.5 Å². The fraction of sp³-hybridized carbons (Fsp3) is 0.647. The van der Waals surface area contributed by atoms with Crippen LogP contribution in [0.3, 0.4) is 0 Å². The van der Waals surface area contributed by atoms with Crippen LogP contribution < -0.4 is 10.6 Å². The Labute approximate surface area is 167 Å². The lowest BCUT2D eigenvalue weighted by Crippen LogP contribution is -2.42. The molecule has 2 N–H and O–H groups in total. The van der Waals surface area contributed by atoms with Gasteiger partial charge in [-0.25, -0.2) is 4.99 Å². The molecule has 7 heteroatoms. The summed E-state index contributed by atoms with van der Waals surface area (Å²) in [6.07, 6.45) is 2.25. The second-order valence-corrected chi connectivity index (χ2v) is 7.43. The highest BCUT2D eigenvalue weighted by molar-refractivity contribution is 14.0. The van der Waals surface area contributed by atoms with Crippen LogP contribution in [-0.4, -0.2) is 43.4 Å². The summed E-state index contributed by atoms with van der Waals surface area (Å²) in [7, 11) is 3.49. The minimum absolute atomic E-state index is 0. The summed E-state index contributed by atoms with van der Waals surface area (Å²) in [5.41, 5.74) is 0. The highest BCUT2D eigenvalue weighted by atomic mass is 127.